The third kappa shape index (κ3) is 5.44. The molecular formula is C14H19BrO2S. The van der Waals surface area contributed by atoms with Crippen LogP contribution in [0, 0.1) is 5.41 Å². The SMILES string of the molecule is CC(C)(CCCCSc1ccc(Br)cc1)C(=O)O. The lowest BCUT2D eigenvalue weighted by Crippen LogP contribution is -2.23. The van der Waals surface area contributed by atoms with Gasteiger partial charge >= 0.3 is 5.97 Å². The standard InChI is InChI=1S/C14H19BrO2S/c1-14(2,13(16)17)9-3-4-10-18-12-7-5-11(15)6-8-12/h5-8H,3-4,9-10H2,1-2H3,(H,16,17). The Bertz CT molecular complexity index is 387. The predicted octanol–water partition coefficient (Wildman–Crippen LogP) is 4.82. The van der Waals surface area contributed by atoms with E-state index in [2.05, 4.69) is 28.1 Å². The third-order valence-electron chi connectivity index (χ3n) is 2.86. The van der Waals surface area contributed by atoms with Gasteiger partial charge in [0.1, 0.15) is 0 Å². The number of unbranched alkanes of at least 4 members (excludes halogenated alkanes) is 1. The van der Waals surface area contributed by atoms with E-state index >= 15 is 0 Å². The summed E-state index contributed by atoms with van der Waals surface area (Å²) in [5, 5.41) is 8.99. The summed E-state index contributed by atoms with van der Waals surface area (Å²) < 4.78 is 1.09. The van der Waals surface area contributed by atoms with Crippen LogP contribution in [0.1, 0.15) is 33.1 Å². The van der Waals surface area contributed by atoms with Crippen molar-refractivity contribution >= 4 is 33.7 Å². The van der Waals surface area contributed by atoms with Crippen molar-refractivity contribution in [1.82, 2.24) is 0 Å². The fourth-order valence-corrected chi connectivity index (χ4v) is 2.67. The van der Waals surface area contributed by atoms with E-state index in [0.717, 1.165) is 29.5 Å². The van der Waals surface area contributed by atoms with Crippen molar-refractivity contribution in [2.24, 2.45) is 5.41 Å². The lowest BCUT2D eigenvalue weighted by molar-refractivity contribution is -0.147. The Morgan fingerprint density at radius 2 is 1.89 bits per heavy atom. The van der Waals surface area contributed by atoms with Crippen molar-refractivity contribution in [2.75, 3.05) is 5.75 Å². The van der Waals surface area contributed by atoms with Gasteiger partial charge in [0.25, 0.3) is 0 Å². The van der Waals surface area contributed by atoms with E-state index in [1.807, 2.05) is 23.9 Å². The van der Waals surface area contributed by atoms with Gasteiger partial charge in [-0.1, -0.05) is 22.4 Å². The maximum Gasteiger partial charge on any atom is 0.309 e. The Kier molecular flexibility index (Phi) is 6.22. The Labute approximate surface area is 121 Å². The van der Waals surface area contributed by atoms with E-state index in [4.69, 9.17) is 5.11 Å². The summed E-state index contributed by atoms with van der Waals surface area (Å²) >= 11 is 5.23. The number of carboxylic acids is 1. The van der Waals surface area contributed by atoms with Crippen LogP contribution in [-0.2, 0) is 4.79 Å². The quantitative estimate of drug-likeness (QED) is 0.575. The minimum absolute atomic E-state index is 0.595. The summed E-state index contributed by atoms with van der Waals surface area (Å²) in [6, 6.07) is 8.26. The second-order valence-corrected chi connectivity index (χ2v) is 7.03. The molecule has 0 saturated heterocycles. The number of aliphatic carboxylic acids is 1. The molecule has 0 aliphatic carbocycles. The first kappa shape index (κ1) is 15.6. The third-order valence-corrected chi connectivity index (χ3v) is 4.48. The predicted molar refractivity (Wildman–Crippen MR) is 80.1 cm³/mol. The van der Waals surface area contributed by atoms with Gasteiger partial charge in [-0.15, -0.1) is 11.8 Å². The van der Waals surface area contributed by atoms with Crippen LogP contribution in [0.5, 0.6) is 0 Å². The lowest BCUT2D eigenvalue weighted by atomic mass is 9.88. The fraction of sp³-hybridized carbons (Fsp3) is 0.500. The Balaban J connectivity index is 2.20. The minimum atomic E-state index is -0.705. The molecule has 0 bridgehead atoms. The van der Waals surface area contributed by atoms with Crippen molar-refractivity contribution in [3.8, 4) is 0 Å². The molecule has 2 nitrogen and oxygen atoms in total. The molecule has 4 heteroatoms. The van der Waals surface area contributed by atoms with Gasteiger partial charge < -0.3 is 5.11 Å². The van der Waals surface area contributed by atoms with E-state index in [1.165, 1.54) is 4.90 Å². The highest BCUT2D eigenvalue weighted by Gasteiger charge is 2.25. The fourth-order valence-electron chi connectivity index (χ4n) is 1.50. The zero-order chi connectivity index (χ0) is 13.6. The second-order valence-electron chi connectivity index (χ2n) is 4.95. The van der Waals surface area contributed by atoms with Crippen molar-refractivity contribution in [3.63, 3.8) is 0 Å². The number of hydrogen-bond donors (Lipinski definition) is 1. The molecule has 0 unspecified atom stereocenters. The van der Waals surface area contributed by atoms with Crippen LogP contribution in [0.3, 0.4) is 0 Å². The van der Waals surface area contributed by atoms with E-state index in [1.54, 1.807) is 13.8 Å². The monoisotopic (exact) mass is 330 g/mol. The normalized spacial score (nSPS) is 11.5. The van der Waals surface area contributed by atoms with Gasteiger partial charge in [0.2, 0.25) is 0 Å². The summed E-state index contributed by atoms with van der Waals surface area (Å²) in [6.45, 7) is 3.58. The molecule has 0 spiro atoms. The number of carboxylic acid groups (broad SMARTS) is 1. The first-order valence-electron chi connectivity index (χ1n) is 6.03. The van der Waals surface area contributed by atoms with E-state index in [9.17, 15) is 4.79 Å². The van der Waals surface area contributed by atoms with Crippen LogP contribution in [0.2, 0.25) is 0 Å². The number of carbonyl (C=O) groups is 1. The molecule has 100 valence electrons. The first-order chi connectivity index (χ1) is 8.42. The molecule has 1 rings (SSSR count). The van der Waals surface area contributed by atoms with Crippen LogP contribution in [0.25, 0.3) is 0 Å². The molecule has 0 aromatic heterocycles. The zero-order valence-electron chi connectivity index (χ0n) is 10.8. The second kappa shape index (κ2) is 7.19. The van der Waals surface area contributed by atoms with Gasteiger partial charge in [-0.3, -0.25) is 4.79 Å². The molecule has 0 saturated carbocycles. The Morgan fingerprint density at radius 3 is 2.44 bits per heavy atom. The average Bonchev–Trinajstić information content (AvgIpc) is 2.31. The molecule has 0 aliphatic heterocycles. The molecule has 0 fully saturated rings. The number of rotatable bonds is 7. The highest BCUT2D eigenvalue weighted by atomic mass is 79.9. The van der Waals surface area contributed by atoms with Crippen LogP contribution in [0.4, 0.5) is 0 Å². The summed E-state index contributed by atoms with van der Waals surface area (Å²) in [5.41, 5.74) is -0.595. The molecule has 0 aliphatic rings. The van der Waals surface area contributed by atoms with Gasteiger partial charge in [-0.2, -0.15) is 0 Å². The van der Waals surface area contributed by atoms with E-state index in [0.29, 0.717) is 0 Å². The molecule has 0 heterocycles. The largest absolute Gasteiger partial charge is 0.481 e. The number of benzene rings is 1. The van der Waals surface area contributed by atoms with Crippen molar-refractivity contribution in [2.45, 2.75) is 38.0 Å². The van der Waals surface area contributed by atoms with Gasteiger partial charge in [-0.25, -0.2) is 0 Å². The van der Waals surface area contributed by atoms with Crippen LogP contribution < -0.4 is 0 Å². The summed E-state index contributed by atoms with van der Waals surface area (Å²) in [5.74, 6) is 0.334. The number of halogens is 1. The average molecular weight is 331 g/mol. The highest BCUT2D eigenvalue weighted by Crippen LogP contribution is 2.26. The van der Waals surface area contributed by atoms with Crippen molar-refractivity contribution < 1.29 is 9.90 Å². The first-order valence-corrected chi connectivity index (χ1v) is 7.81. The van der Waals surface area contributed by atoms with Gasteiger partial charge in [0.05, 0.1) is 5.41 Å². The maximum atomic E-state index is 10.9. The highest BCUT2D eigenvalue weighted by molar-refractivity contribution is 9.10. The molecule has 1 N–H and O–H groups in total. The summed E-state index contributed by atoms with van der Waals surface area (Å²) in [6.07, 6.45) is 2.75. The van der Waals surface area contributed by atoms with E-state index < -0.39 is 11.4 Å². The topological polar surface area (TPSA) is 37.3 Å². The van der Waals surface area contributed by atoms with Gasteiger partial charge in [0.15, 0.2) is 0 Å². The van der Waals surface area contributed by atoms with Crippen LogP contribution >= 0.6 is 27.7 Å². The number of hydrogen-bond acceptors (Lipinski definition) is 2. The summed E-state index contributed by atoms with van der Waals surface area (Å²) in [7, 11) is 0. The van der Waals surface area contributed by atoms with Gasteiger partial charge in [0, 0.05) is 9.37 Å². The minimum Gasteiger partial charge on any atom is -0.481 e. The molecule has 1 aromatic rings. The zero-order valence-corrected chi connectivity index (χ0v) is 13.2. The Morgan fingerprint density at radius 1 is 1.28 bits per heavy atom. The van der Waals surface area contributed by atoms with Crippen molar-refractivity contribution in [3.05, 3.63) is 28.7 Å². The molecular weight excluding hydrogens is 312 g/mol. The molecule has 0 amide bonds. The molecule has 1 aromatic carbocycles. The van der Waals surface area contributed by atoms with Gasteiger partial charge in [-0.05, 0) is 56.7 Å². The summed E-state index contributed by atoms with van der Waals surface area (Å²) in [4.78, 5) is 12.2. The van der Waals surface area contributed by atoms with Crippen LogP contribution in [0.15, 0.2) is 33.6 Å². The lowest BCUT2D eigenvalue weighted by Gasteiger charge is -2.18. The smallest absolute Gasteiger partial charge is 0.309 e. The molecule has 0 atom stereocenters. The maximum absolute atomic E-state index is 10.9. The Hall–Kier alpha value is -0.480. The van der Waals surface area contributed by atoms with Crippen molar-refractivity contribution in [1.29, 1.82) is 0 Å². The number of thioether (sulfide) groups is 1. The molecule has 18 heavy (non-hydrogen) atoms. The molecule has 0 radical (unpaired) electrons. The van der Waals surface area contributed by atoms with E-state index in [-0.39, 0.29) is 0 Å². The van der Waals surface area contributed by atoms with Crippen LogP contribution in [-0.4, -0.2) is 16.8 Å².